The van der Waals surface area contributed by atoms with E-state index in [1.165, 1.54) is 24.2 Å². The van der Waals surface area contributed by atoms with Crippen LogP contribution in [0.25, 0.3) is 0 Å². The normalized spacial score (nSPS) is 19.9. The summed E-state index contributed by atoms with van der Waals surface area (Å²) in [5, 5.41) is 3.62. The van der Waals surface area contributed by atoms with Crippen molar-refractivity contribution in [2.75, 3.05) is 6.54 Å². The van der Waals surface area contributed by atoms with Crippen molar-refractivity contribution in [2.45, 2.75) is 38.3 Å². The minimum atomic E-state index is 0.355. The van der Waals surface area contributed by atoms with Gasteiger partial charge in [0.2, 0.25) is 0 Å². The maximum absolute atomic E-state index is 4.50. The highest BCUT2D eigenvalue weighted by atomic mass is 15.1. The molecule has 0 spiro atoms. The van der Waals surface area contributed by atoms with E-state index in [4.69, 9.17) is 0 Å². The second kappa shape index (κ2) is 5.53. The number of aromatic nitrogens is 3. The van der Waals surface area contributed by atoms with Crippen LogP contribution >= 0.6 is 0 Å². The second-order valence-electron chi connectivity index (χ2n) is 5.23. The van der Waals surface area contributed by atoms with Crippen molar-refractivity contribution in [3.8, 4) is 0 Å². The van der Waals surface area contributed by atoms with Crippen LogP contribution < -0.4 is 5.32 Å². The van der Waals surface area contributed by atoms with E-state index < -0.39 is 0 Å². The summed E-state index contributed by atoms with van der Waals surface area (Å²) in [4.78, 5) is 8.56. The lowest BCUT2D eigenvalue weighted by Crippen LogP contribution is -2.28. The van der Waals surface area contributed by atoms with Crippen LogP contribution in [-0.4, -0.2) is 21.1 Å². The highest BCUT2D eigenvalue weighted by Gasteiger charge is 2.21. The lowest BCUT2D eigenvalue weighted by atomic mass is 9.98. The van der Waals surface area contributed by atoms with Crippen molar-refractivity contribution in [2.24, 2.45) is 0 Å². The molecule has 0 unspecified atom stereocenters. The number of fused-ring (bicyclic) bond motifs is 1. The second-order valence-corrected chi connectivity index (χ2v) is 5.23. The van der Waals surface area contributed by atoms with Gasteiger partial charge in [-0.25, -0.2) is 4.98 Å². The number of hydrogen-bond donors (Lipinski definition) is 1. The Kier molecular flexibility index (Phi) is 3.60. The Morgan fingerprint density at radius 1 is 1.37 bits per heavy atom. The molecule has 0 radical (unpaired) electrons. The van der Waals surface area contributed by atoms with Crippen LogP contribution in [-0.2, 0) is 6.54 Å². The molecule has 3 rings (SSSR count). The summed E-state index contributed by atoms with van der Waals surface area (Å²) in [5.74, 6) is 1.77. The van der Waals surface area contributed by atoms with E-state index in [2.05, 4.69) is 45.1 Å². The topological polar surface area (TPSA) is 42.7 Å². The van der Waals surface area contributed by atoms with Gasteiger partial charge in [-0.2, -0.15) is 0 Å². The molecular weight excluding hydrogens is 236 g/mol. The average Bonchev–Trinajstić information content (AvgIpc) is 2.94. The smallest absolute Gasteiger partial charge is 0.113 e. The first-order chi connectivity index (χ1) is 9.34. The number of aryl methyl sites for hydroxylation is 1. The van der Waals surface area contributed by atoms with Gasteiger partial charge in [0.15, 0.2) is 0 Å². The van der Waals surface area contributed by atoms with Crippen LogP contribution in [0.15, 0.2) is 36.9 Å². The van der Waals surface area contributed by atoms with Crippen LogP contribution in [0.3, 0.4) is 0 Å². The van der Waals surface area contributed by atoms with Gasteiger partial charge >= 0.3 is 0 Å². The standard InChI is InChI=1S/C15H20N4/c1-12(13-4-6-16-7-5-13)18-11-14-3-2-9-19-10-8-17-15(14)19/h4-8,10,12,14,18H,2-3,9,11H2,1H3/t12-,14+/m0/s1. The van der Waals surface area contributed by atoms with Gasteiger partial charge in [-0.3, -0.25) is 4.98 Å². The molecule has 1 N–H and O–H groups in total. The van der Waals surface area contributed by atoms with Crippen LogP contribution in [0.4, 0.5) is 0 Å². The Morgan fingerprint density at radius 3 is 3.05 bits per heavy atom. The van der Waals surface area contributed by atoms with Crippen LogP contribution in [0.2, 0.25) is 0 Å². The van der Waals surface area contributed by atoms with Crippen LogP contribution in [0.1, 0.15) is 43.1 Å². The first kappa shape index (κ1) is 12.4. The zero-order valence-corrected chi connectivity index (χ0v) is 11.3. The summed E-state index contributed by atoms with van der Waals surface area (Å²) in [6.45, 7) is 4.30. The number of pyridine rings is 1. The molecule has 2 aromatic rings. The number of nitrogens with zero attached hydrogens (tertiary/aromatic N) is 3. The van der Waals surface area contributed by atoms with Gasteiger partial charge in [-0.05, 0) is 37.5 Å². The minimum absolute atomic E-state index is 0.355. The molecule has 19 heavy (non-hydrogen) atoms. The number of nitrogens with one attached hydrogen (secondary N) is 1. The largest absolute Gasteiger partial charge is 0.335 e. The SMILES string of the molecule is C[C@H](NC[C@H]1CCCn2ccnc21)c1ccncc1. The molecule has 100 valence electrons. The zero-order valence-electron chi connectivity index (χ0n) is 11.3. The summed E-state index contributed by atoms with van der Waals surface area (Å²) in [7, 11) is 0. The van der Waals surface area contributed by atoms with E-state index in [0.717, 1.165) is 13.1 Å². The Bertz CT molecular complexity index is 520. The van der Waals surface area contributed by atoms with Gasteiger partial charge in [-0.1, -0.05) is 0 Å². The minimum Gasteiger partial charge on any atom is -0.335 e. The molecule has 0 bridgehead atoms. The van der Waals surface area contributed by atoms with Crippen molar-refractivity contribution >= 4 is 0 Å². The first-order valence-corrected chi connectivity index (χ1v) is 6.99. The molecule has 0 amide bonds. The zero-order chi connectivity index (χ0) is 13.1. The van der Waals surface area contributed by atoms with Gasteiger partial charge in [0.1, 0.15) is 5.82 Å². The number of imidazole rings is 1. The molecule has 0 fully saturated rings. The predicted octanol–water partition coefficient (Wildman–Crippen LogP) is 2.51. The lowest BCUT2D eigenvalue weighted by molar-refractivity contribution is 0.408. The molecule has 2 aromatic heterocycles. The quantitative estimate of drug-likeness (QED) is 0.914. The number of rotatable bonds is 4. The Hall–Kier alpha value is -1.68. The van der Waals surface area contributed by atoms with E-state index >= 15 is 0 Å². The van der Waals surface area contributed by atoms with Crippen molar-refractivity contribution in [1.29, 1.82) is 0 Å². The fourth-order valence-electron chi connectivity index (χ4n) is 2.79. The molecule has 0 saturated heterocycles. The summed E-state index contributed by atoms with van der Waals surface area (Å²) in [6, 6.07) is 4.49. The summed E-state index contributed by atoms with van der Waals surface area (Å²) in [6.07, 6.45) is 10.2. The van der Waals surface area contributed by atoms with E-state index in [0.29, 0.717) is 12.0 Å². The first-order valence-electron chi connectivity index (χ1n) is 6.99. The molecule has 4 nitrogen and oxygen atoms in total. The van der Waals surface area contributed by atoms with Crippen molar-refractivity contribution < 1.29 is 0 Å². The van der Waals surface area contributed by atoms with Gasteiger partial charge in [0.05, 0.1) is 0 Å². The van der Waals surface area contributed by atoms with Gasteiger partial charge < -0.3 is 9.88 Å². The monoisotopic (exact) mass is 256 g/mol. The summed E-state index contributed by atoms with van der Waals surface area (Å²) < 4.78 is 2.28. The molecular formula is C15H20N4. The highest BCUT2D eigenvalue weighted by molar-refractivity contribution is 5.14. The molecule has 4 heteroatoms. The third-order valence-corrected chi connectivity index (χ3v) is 3.94. The maximum atomic E-state index is 4.50. The third-order valence-electron chi connectivity index (χ3n) is 3.94. The van der Waals surface area contributed by atoms with Crippen molar-refractivity contribution in [3.05, 3.63) is 48.3 Å². The molecule has 0 aliphatic carbocycles. The average molecular weight is 256 g/mol. The summed E-state index contributed by atoms with van der Waals surface area (Å²) >= 11 is 0. The predicted molar refractivity (Wildman–Crippen MR) is 74.9 cm³/mol. The third kappa shape index (κ3) is 2.68. The molecule has 2 atom stereocenters. The van der Waals surface area contributed by atoms with Crippen LogP contribution in [0.5, 0.6) is 0 Å². The van der Waals surface area contributed by atoms with Crippen molar-refractivity contribution in [1.82, 2.24) is 19.9 Å². The Labute approximate surface area is 113 Å². The Morgan fingerprint density at radius 2 is 2.21 bits per heavy atom. The van der Waals surface area contributed by atoms with Gasteiger partial charge in [0, 0.05) is 49.8 Å². The Balaban J connectivity index is 1.62. The highest BCUT2D eigenvalue weighted by Crippen LogP contribution is 2.25. The van der Waals surface area contributed by atoms with Gasteiger partial charge in [-0.15, -0.1) is 0 Å². The van der Waals surface area contributed by atoms with E-state index in [1.54, 1.807) is 0 Å². The fraction of sp³-hybridized carbons (Fsp3) is 0.467. The summed E-state index contributed by atoms with van der Waals surface area (Å²) in [5.41, 5.74) is 1.29. The van der Waals surface area contributed by atoms with Crippen LogP contribution in [0, 0.1) is 0 Å². The van der Waals surface area contributed by atoms with Crippen molar-refractivity contribution in [3.63, 3.8) is 0 Å². The molecule has 1 aliphatic rings. The molecule has 0 saturated carbocycles. The van der Waals surface area contributed by atoms with E-state index in [-0.39, 0.29) is 0 Å². The molecule has 0 aromatic carbocycles. The van der Waals surface area contributed by atoms with E-state index in [9.17, 15) is 0 Å². The molecule has 3 heterocycles. The maximum Gasteiger partial charge on any atom is 0.113 e. The van der Waals surface area contributed by atoms with Gasteiger partial charge in [0.25, 0.3) is 0 Å². The number of hydrogen-bond acceptors (Lipinski definition) is 3. The fourth-order valence-corrected chi connectivity index (χ4v) is 2.79. The van der Waals surface area contributed by atoms with E-state index in [1.807, 2.05) is 18.6 Å². The molecule has 1 aliphatic heterocycles. The lowest BCUT2D eigenvalue weighted by Gasteiger charge is -2.25.